The molecule has 0 saturated carbocycles. The van der Waals surface area contributed by atoms with E-state index in [9.17, 15) is 43.4 Å². The van der Waals surface area contributed by atoms with Crippen LogP contribution in [0.2, 0.25) is 0 Å². The summed E-state index contributed by atoms with van der Waals surface area (Å²) in [6.45, 7) is -0.0854. The van der Waals surface area contributed by atoms with Gasteiger partial charge < -0.3 is 88.8 Å². The van der Waals surface area contributed by atoms with Crippen molar-refractivity contribution in [2.45, 2.75) is 130 Å². The van der Waals surface area contributed by atoms with Gasteiger partial charge in [-0.25, -0.2) is 13.8 Å². The van der Waals surface area contributed by atoms with Gasteiger partial charge in [-0.3, -0.25) is 47.9 Å². The van der Waals surface area contributed by atoms with Gasteiger partial charge in [0.05, 0.1) is 25.8 Å². The van der Waals surface area contributed by atoms with E-state index in [2.05, 4.69) is 62.5 Å². The average Bonchev–Trinajstić information content (AvgIpc) is 1.65. The van der Waals surface area contributed by atoms with Crippen molar-refractivity contribution in [3.63, 3.8) is 0 Å². The maximum Gasteiger partial charge on any atom is 0.305 e. The number of carboxylic acids is 1. The lowest BCUT2D eigenvalue weighted by molar-refractivity contribution is -0.143. The summed E-state index contributed by atoms with van der Waals surface area (Å²) in [6, 6.07) is 18.2. The number of aromatic nitrogens is 4. The standard InChI is InChI=1S/C74H85F2N15O13S2/c75-47-14-18-56-54(27-47)45(32-81-56)25-58-69(98)86-59(26-46-33-82-57-19-15-48(76)28-55(46)57)70(99)88-61(31-67(95)96)72(101)87-60(29-50-35-80-41-83-50)71(100)89-62(24-42-12-16-51(92)17-13-42)74(103)91-37-53(104-52-10-2-1-3-11-52)30-64(91)73(102)90-63(68(78)97)40-106-39-44-8-6-7-43(23-44)38-105-22-20-65(93)84-49(9-4-5-21-77)34-79-36-66(94)85-58/h1-3,6-8,10-19,23,27-28,32-33,35,41,49,53,58-64,79,81-82,92H,4-5,9,20-22,24-26,29-31,34,36-40,77H2,(H2,78,97)(H,80,83)(H,84,93)(H,85,94)(H,86,98)(H,87,101)(H,88,99)(H,89,100)(H,90,102)(H,95,96)/t49-,53-,58-,59-,60-,61-,62-,63-,64-/m0/s1. The molecule has 32 heteroatoms. The molecule has 106 heavy (non-hydrogen) atoms. The SMILES string of the molecule is NCCCC[C@H]1CNCC(=O)N[C@@H](Cc2c[nH]c3ccc(F)cc23)C(=O)N[C@@H](Cc2c[nH]c3ccc(F)cc23)C(=O)N[C@@H](CC(=O)O)C(=O)N[C@@H](Cc2cnc[nH]2)C(=O)N[C@@H](Cc2ccc(O)cc2)C(=O)N2C[C@@H](Oc3ccccc3)C[C@H]2C(=O)N[C@H](C(N)=O)CSCc2cccc(c2)CSCCC(=O)N1. The Hall–Kier alpha value is -10.8. The number of nitrogens with one attached hydrogen (secondary N) is 11. The topological polar surface area (TPSA) is 432 Å². The van der Waals surface area contributed by atoms with Crippen molar-refractivity contribution >= 4 is 104 Å². The van der Waals surface area contributed by atoms with Crippen LogP contribution in [0.5, 0.6) is 11.5 Å². The molecule has 17 N–H and O–H groups in total. The van der Waals surface area contributed by atoms with Crippen molar-refractivity contribution in [2.75, 3.05) is 37.7 Å². The number of hydrogen-bond donors (Lipinski definition) is 15. The molecule has 1 saturated heterocycles. The number of aromatic hydroxyl groups is 1. The third-order valence-corrected chi connectivity index (χ3v) is 20.2. The summed E-state index contributed by atoms with van der Waals surface area (Å²) in [6.07, 6.45) is 4.12. The molecule has 5 heterocycles. The third kappa shape index (κ3) is 22.4. The van der Waals surface area contributed by atoms with E-state index in [-0.39, 0.29) is 79.4 Å². The summed E-state index contributed by atoms with van der Waals surface area (Å²) in [5, 5.41) is 43.5. The van der Waals surface area contributed by atoms with Crippen LogP contribution in [-0.2, 0) is 85.1 Å². The Balaban J connectivity index is 0.991. The van der Waals surface area contributed by atoms with E-state index < -0.39 is 139 Å². The molecule has 3 aromatic heterocycles. The number of H-pyrrole nitrogens is 3. The van der Waals surface area contributed by atoms with Crippen LogP contribution in [-0.4, -0.2) is 186 Å². The highest BCUT2D eigenvalue weighted by atomic mass is 32.2. The van der Waals surface area contributed by atoms with Gasteiger partial charge in [0.25, 0.3) is 0 Å². The first-order chi connectivity index (χ1) is 51.1. The Morgan fingerprint density at radius 3 is 1.87 bits per heavy atom. The molecule has 0 unspecified atom stereocenters. The second-order valence-electron chi connectivity index (χ2n) is 26.1. The monoisotopic (exact) mass is 1490 g/mol. The number of hydrogen-bond acceptors (Lipinski definition) is 17. The van der Waals surface area contributed by atoms with Gasteiger partial charge in [0.15, 0.2) is 0 Å². The summed E-state index contributed by atoms with van der Waals surface area (Å²) in [7, 11) is 0. The molecule has 10 rings (SSSR count). The third-order valence-electron chi connectivity index (χ3n) is 18.1. The number of rotatable bonds is 17. The van der Waals surface area contributed by atoms with Crippen LogP contribution in [0.1, 0.15) is 72.0 Å². The Labute approximate surface area is 616 Å². The van der Waals surface area contributed by atoms with E-state index in [4.69, 9.17) is 16.2 Å². The van der Waals surface area contributed by atoms with Gasteiger partial charge in [-0.2, -0.15) is 23.5 Å². The van der Waals surface area contributed by atoms with Crippen molar-refractivity contribution in [1.29, 1.82) is 0 Å². The number of nitrogens with zero attached hydrogens (tertiary/aromatic N) is 2. The number of amides is 9. The van der Waals surface area contributed by atoms with Crippen molar-refractivity contribution in [2.24, 2.45) is 11.5 Å². The highest BCUT2D eigenvalue weighted by Crippen LogP contribution is 2.28. The second kappa shape index (κ2) is 37.7. The molecule has 0 spiro atoms. The summed E-state index contributed by atoms with van der Waals surface area (Å²) < 4.78 is 36.3. The fraction of sp³-hybridized carbons (Fsp3) is 0.365. The number of carbonyl (C=O) groups excluding carboxylic acids is 9. The lowest BCUT2D eigenvalue weighted by atomic mass is 10.0. The molecular formula is C74H85F2N15O13S2. The Morgan fingerprint density at radius 1 is 0.632 bits per heavy atom. The zero-order chi connectivity index (χ0) is 75.2. The van der Waals surface area contributed by atoms with Gasteiger partial charge in [-0.15, -0.1) is 0 Å². The Morgan fingerprint density at radius 2 is 1.25 bits per heavy atom. The second-order valence-corrected chi connectivity index (χ2v) is 28.2. The van der Waals surface area contributed by atoms with Gasteiger partial charge in [0.2, 0.25) is 53.2 Å². The van der Waals surface area contributed by atoms with Crippen molar-refractivity contribution in [1.82, 2.24) is 67.4 Å². The normalized spacial score (nSPS) is 22.2. The summed E-state index contributed by atoms with van der Waals surface area (Å²) in [5.74, 6) is -8.95. The minimum Gasteiger partial charge on any atom is -0.508 e. The number of thioether (sulfide) groups is 2. The van der Waals surface area contributed by atoms with E-state index in [0.717, 1.165) is 11.1 Å². The number of imidazole rings is 1. The fourth-order valence-electron chi connectivity index (χ4n) is 12.7. The van der Waals surface area contributed by atoms with Crippen LogP contribution in [0, 0.1) is 11.6 Å². The lowest BCUT2D eigenvalue weighted by Crippen LogP contribution is -2.61. The van der Waals surface area contributed by atoms with E-state index in [1.807, 2.05) is 24.3 Å². The number of benzene rings is 5. The van der Waals surface area contributed by atoms with E-state index in [1.54, 1.807) is 30.3 Å². The van der Waals surface area contributed by atoms with E-state index in [0.29, 0.717) is 76.4 Å². The molecule has 2 bridgehead atoms. The van der Waals surface area contributed by atoms with Crippen LogP contribution >= 0.6 is 23.5 Å². The molecule has 8 aromatic rings. The quantitative estimate of drug-likeness (QED) is 0.0581. The number of nitrogens with two attached hydrogens (primary N) is 2. The molecule has 2 aliphatic rings. The number of carboxylic acid groups (broad SMARTS) is 1. The maximum absolute atomic E-state index is 15.5. The Bertz CT molecular complexity index is 4400. The number of para-hydroxylation sites is 1. The fourth-order valence-corrected chi connectivity index (χ4v) is 14.6. The Kier molecular flexibility index (Phi) is 27.7. The van der Waals surface area contributed by atoms with Crippen LogP contribution in [0.4, 0.5) is 8.78 Å². The number of aliphatic carboxylic acids is 1. The first-order valence-corrected chi connectivity index (χ1v) is 37.0. The number of carbonyl (C=O) groups is 10. The smallest absolute Gasteiger partial charge is 0.305 e. The largest absolute Gasteiger partial charge is 0.508 e. The van der Waals surface area contributed by atoms with Gasteiger partial charge >= 0.3 is 5.97 Å². The maximum atomic E-state index is 15.5. The average molecular weight is 1490 g/mol. The summed E-state index contributed by atoms with van der Waals surface area (Å²) in [4.78, 5) is 159. The minimum atomic E-state index is -2.04. The zero-order valence-electron chi connectivity index (χ0n) is 57.7. The van der Waals surface area contributed by atoms with Gasteiger partial charge in [0.1, 0.15) is 71.5 Å². The molecule has 2 aliphatic heterocycles. The highest BCUT2D eigenvalue weighted by molar-refractivity contribution is 7.98. The number of fused-ring (bicyclic) bond motifs is 5. The number of primary amides is 1. The predicted octanol–water partition coefficient (Wildman–Crippen LogP) is 3.32. The minimum absolute atomic E-state index is 0.0250. The van der Waals surface area contributed by atoms with Crippen LogP contribution in [0.15, 0.2) is 140 Å². The molecule has 0 aliphatic carbocycles. The van der Waals surface area contributed by atoms with Gasteiger partial charge in [0, 0.05) is 120 Å². The van der Waals surface area contributed by atoms with Gasteiger partial charge in [-0.05, 0) is 108 Å². The van der Waals surface area contributed by atoms with Crippen LogP contribution in [0.3, 0.4) is 0 Å². The highest BCUT2D eigenvalue weighted by Gasteiger charge is 2.45. The molecule has 28 nitrogen and oxygen atoms in total. The zero-order valence-corrected chi connectivity index (χ0v) is 59.3. The lowest BCUT2D eigenvalue weighted by Gasteiger charge is -2.30. The first-order valence-electron chi connectivity index (χ1n) is 34.7. The number of phenols is 1. The molecule has 9 atom stereocenters. The molecule has 560 valence electrons. The van der Waals surface area contributed by atoms with Crippen molar-refractivity contribution in [3.05, 3.63) is 185 Å². The molecule has 1 fully saturated rings. The summed E-state index contributed by atoms with van der Waals surface area (Å²) >= 11 is 2.87. The van der Waals surface area contributed by atoms with Crippen LogP contribution in [0.25, 0.3) is 21.8 Å². The summed E-state index contributed by atoms with van der Waals surface area (Å²) in [5.41, 5.74) is 15.9. The van der Waals surface area contributed by atoms with Gasteiger partial charge in [-0.1, -0.05) is 61.0 Å². The molecular weight excluding hydrogens is 1410 g/mol. The molecule has 0 radical (unpaired) electrons. The number of unbranched alkanes of at least 4 members (excludes halogenated alkanes) is 1. The van der Waals surface area contributed by atoms with Crippen LogP contribution < -0.4 is 58.7 Å². The number of ether oxygens (including phenoxy) is 1. The number of aromatic amines is 3. The van der Waals surface area contributed by atoms with Crippen molar-refractivity contribution < 1.29 is 71.7 Å². The first kappa shape index (κ1) is 77.8. The predicted molar refractivity (Wildman–Crippen MR) is 393 cm³/mol. The van der Waals surface area contributed by atoms with E-state index in [1.165, 1.54) is 114 Å². The molecule has 9 amide bonds. The number of phenolic OH excluding ortho intramolecular Hbond substituents is 1. The van der Waals surface area contributed by atoms with E-state index >= 15 is 23.6 Å². The van der Waals surface area contributed by atoms with Crippen molar-refractivity contribution in [3.8, 4) is 11.5 Å². The number of halogens is 2. The molecule has 5 aromatic carbocycles.